The highest BCUT2D eigenvalue weighted by Gasteiger charge is 2.28. The van der Waals surface area contributed by atoms with Crippen molar-refractivity contribution >= 4 is 55.0 Å². The first-order valence-corrected chi connectivity index (χ1v) is 10.6. The predicted octanol–water partition coefficient (Wildman–Crippen LogP) is 3.37. The van der Waals surface area contributed by atoms with Gasteiger partial charge < -0.3 is 9.88 Å². The summed E-state index contributed by atoms with van der Waals surface area (Å²) in [5.74, 6) is -1.39. The number of nitro groups is 1. The van der Waals surface area contributed by atoms with Gasteiger partial charge in [0.05, 0.1) is 20.7 Å². The zero-order valence-corrected chi connectivity index (χ0v) is 17.1. The number of rotatable bonds is 4. The van der Waals surface area contributed by atoms with Crippen molar-refractivity contribution in [1.29, 1.82) is 0 Å². The number of Topliss-reactive ketones (excluding diaryl/α,β-unsaturated/α-hetero) is 1. The van der Waals surface area contributed by atoms with E-state index in [0.29, 0.717) is 22.2 Å². The SMILES string of the molecule is O=C(Nc1nc2ccc([N+](=O)[O-])cc2s1)C(=O)c1c2n(c3ccccc13)CCNCC2.[HH]. The van der Waals surface area contributed by atoms with Crippen molar-refractivity contribution < 1.29 is 15.9 Å². The second kappa shape index (κ2) is 7.56. The number of benzene rings is 2. The molecule has 0 unspecified atom stereocenters. The number of non-ortho nitro benzene ring substituents is 1. The fourth-order valence-corrected chi connectivity index (χ4v) is 4.89. The molecule has 2 aromatic heterocycles. The first kappa shape index (κ1) is 19.3. The number of ketones is 1. The van der Waals surface area contributed by atoms with Gasteiger partial charge in [0.1, 0.15) is 0 Å². The van der Waals surface area contributed by atoms with Crippen LogP contribution in [0.15, 0.2) is 42.5 Å². The summed E-state index contributed by atoms with van der Waals surface area (Å²) in [5.41, 5.74) is 2.68. The maximum atomic E-state index is 13.2. The van der Waals surface area contributed by atoms with E-state index < -0.39 is 16.6 Å². The van der Waals surface area contributed by atoms with Crippen molar-refractivity contribution in [2.75, 3.05) is 18.4 Å². The van der Waals surface area contributed by atoms with Gasteiger partial charge in [-0.05, 0) is 12.1 Å². The number of anilines is 1. The Hall–Kier alpha value is -3.63. The number of carbonyl (C=O) groups excluding carboxylic acids is 2. The van der Waals surface area contributed by atoms with Crippen LogP contribution < -0.4 is 10.6 Å². The van der Waals surface area contributed by atoms with Crippen LogP contribution in [0.2, 0.25) is 0 Å². The fraction of sp³-hybridized carbons (Fsp3) is 0.190. The van der Waals surface area contributed by atoms with Gasteiger partial charge >= 0.3 is 0 Å². The van der Waals surface area contributed by atoms with Crippen LogP contribution in [0.5, 0.6) is 0 Å². The molecule has 1 amide bonds. The monoisotopic (exact) mass is 437 g/mol. The average molecular weight is 437 g/mol. The smallest absolute Gasteiger partial charge is 0.298 e. The Morgan fingerprint density at radius 1 is 1.23 bits per heavy atom. The Bertz CT molecular complexity index is 1380. The number of hydrogen-bond acceptors (Lipinski definition) is 7. The van der Waals surface area contributed by atoms with Crippen molar-refractivity contribution in [3.8, 4) is 0 Å². The van der Waals surface area contributed by atoms with E-state index in [2.05, 4.69) is 20.2 Å². The minimum Gasteiger partial charge on any atom is -0.343 e. The lowest BCUT2D eigenvalue weighted by Gasteiger charge is -2.06. The summed E-state index contributed by atoms with van der Waals surface area (Å²) >= 11 is 1.09. The highest BCUT2D eigenvalue weighted by molar-refractivity contribution is 7.22. The van der Waals surface area contributed by atoms with E-state index in [-0.39, 0.29) is 12.2 Å². The van der Waals surface area contributed by atoms with Crippen LogP contribution >= 0.6 is 11.3 Å². The van der Waals surface area contributed by atoms with Gasteiger partial charge in [-0.3, -0.25) is 25.0 Å². The van der Waals surface area contributed by atoms with E-state index in [9.17, 15) is 19.7 Å². The number of fused-ring (bicyclic) bond motifs is 4. The number of para-hydroxylation sites is 1. The number of amides is 1. The first-order valence-electron chi connectivity index (χ1n) is 9.74. The van der Waals surface area contributed by atoms with E-state index in [1.165, 1.54) is 18.2 Å². The lowest BCUT2D eigenvalue weighted by molar-refractivity contribution is -0.384. The number of nitro benzene ring substituents is 1. The molecule has 158 valence electrons. The molecule has 9 nitrogen and oxygen atoms in total. The lowest BCUT2D eigenvalue weighted by atomic mass is 10.0. The van der Waals surface area contributed by atoms with Crippen LogP contribution in [0.1, 0.15) is 17.5 Å². The maximum Gasteiger partial charge on any atom is 0.298 e. The summed E-state index contributed by atoms with van der Waals surface area (Å²) in [6.45, 7) is 2.25. The third kappa shape index (κ3) is 3.35. The molecule has 3 heterocycles. The van der Waals surface area contributed by atoms with E-state index in [1.807, 2.05) is 24.3 Å². The van der Waals surface area contributed by atoms with Crippen molar-refractivity contribution in [3.63, 3.8) is 0 Å². The summed E-state index contributed by atoms with van der Waals surface area (Å²) in [6.07, 6.45) is 0.647. The maximum absolute atomic E-state index is 13.2. The molecule has 2 N–H and O–H groups in total. The average Bonchev–Trinajstić information content (AvgIpc) is 3.20. The van der Waals surface area contributed by atoms with E-state index in [1.54, 1.807) is 0 Å². The van der Waals surface area contributed by atoms with Gasteiger partial charge in [-0.2, -0.15) is 0 Å². The van der Waals surface area contributed by atoms with Crippen LogP contribution in [-0.4, -0.2) is 39.3 Å². The number of hydrogen-bond donors (Lipinski definition) is 2. The Balaban J connectivity index is 0.00000245. The molecule has 5 rings (SSSR count). The molecule has 0 spiro atoms. The molecule has 0 bridgehead atoms. The first-order chi connectivity index (χ1) is 15.0. The van der Waals surface area contributed by atoms with Crippen molar-refractivity contribution in [2.24, 2.45) is 0 Å². The summed E-state index contributed by atoms with van der Waals surface area (Å²) in [7, 11) is 0. The van der Waals surface area contributed by atoms with Gasteiger partial charge in [-0.15, -0.1) is 0 Å². The zero-order chi connectivity index (χ0) is 21.5. The minimum atomic E-state index is -0.773. The number of nitrogens with zero attached hydrogens (tertiary/aromatic N) is 3. The number of nitrogens with one attached hydrogen (secondary N) is 2. The number of aromatic nitrogens is 2. The normalized spacial score (nSPS) is 13.7. The van der Waals surface area contributed by atoms with E-state index in [4.69, 9.17) is 0 Å². The quantitative estimate of drug-likeness (QED) is 0.219. The Labute approximate surface area is 181 Å². The fourth-order valence-electron chi connectivity index (χ4n) is 4.00. The second-order valence-electron chi connectivity index (χ2n) is 7.20. The highest BCUT2D eigenvalue weighted by Crippen LogP contribution is 2.31. The van der Waals surface area contributed by atoms with Gasteiger partial charge in [-0.25, -0.2) is 4.98 Å². The Morgan fingerprint density at radius 2 is 2.06 bits per heavy atom. The van der Waals surface area contributed by atoms with Crippen LogP contribution in [-0.2, 0) is 17.8 Å². The van der Waals surface area contributed by atoms with E-state index >= 15 is 0 Å². The molecule has 0 atom stereocenters. The third-order valence-corrected chi connectivity index (χ3v) is 6.30. The summed E-state index contributed by atoms with van der Waals surface area (Å²) in [5, 5.41) is 17.9. The van der Waals surface area contributed by atoms with Crippen molar-refractivity contribution in [2.45, 2.75) is 13.0 Å². The summed E-state index contributed by atoms with van der Waals surface area (Å²) < 4.78 is 2.67. The summed E-state index contributed by atoms with van der Waals surface area (Å²) in [6, 6.07) is 11.9. The van der Waals surface area contributed by atoms with Crippen molar-refractivity contribution in [3.05, 3.63) is 63.8 Å². The summed E-state index contributed by atoms with van der Waals surface area (Å²) in [4.78, 5) is 40.8. The molecule has 0 radical (unpaired) electrons. The molecule has 1 aliphatic heterocycles. The number of thiazole rings is 1. The van der Waals surface area contributed by atoms with Gasteiger partial charge in [-0.1, -0.05) is 29.5 Å². The van der Waals surface area contributed by atoms with Crippen LogP contribution in [0.3, 0.4) is 0 Å². The predicted molar refractivity (Wildman–Crippen MR) is 120 cm³/mol. The second-order valence-corrected chi connectivity index (χ2v) is 8.23. The molecular weight excluding hydrogens is 418 g/mol. The molecule has 10 heteroatoms. The Kier molecular flexibility index (Phi) is 4.72. The highest BCUT2D eigenvalue weighted by atomic mass is 32.1. The van der Waals surface area contributed by atoms with Crippen molar-refractivity contribution in [1.82, 2.24) is 14.9 Å². The minimum absolute atomic E-state index is 0. The molecule has 1 aliphatic rings. The van der Waals surface area contributed by atoms with Gasteiger partial charge in [0, 0.05) is 56.2 Å². The third-order valence-electron chi connectivity index (χ3n) is 5.37. The van der Waals surface area contributed by atoms with E-state index in [0.717, 1.165) is 47.6 Å². The van der Waals surface area contributed by atoms with Crippen LogP contribution in [0, 0.1) is 10.1 Å². The van der Waals surface area contributed by atoms with Gasteiger partial charge in [0.25, 0.3) is 17.4 Å². The molecule has 0 saturated heterocycles. The van der Waals surface area contributed by atoms with Gasteiger partial charge in [0.2, 0.25) is 0 Å². The number of carbonyl (C=O) groups is 2. The van der Waals surface area contributed by atoms with Gasteiger partial charge in [0.15, 0.2) is 5.13 Å². The van der Waals surface area contributed by atoms with Crippen LogP contribution in [0.4, 0.5) is 10.8 Å². The standard InChI is InChI=1S/C21H17N5O4S.H2/c27-19(18-13-3-1-2-4-15(13)25-10-9-22-8-7-16(18)25)20(28)24-21-23-14-6-5-12(26(29)30)11-17(14)31-21;/h1-6,11,22H,7-10H2,(H,23,24,28);1H. The molecule has 4 aromatic rings. The molecule has 0 fully saturated rings. The molecule has 0 aliphatic carbocycles. The molecule has 0 saturated carbocycles. The lowest BCUT2D eigenvalue weighted by Crippen LogP contribution is -2.24. The molecule has 2 aromatic carbocycles. The van der Waals surface area contributed by atoms with Crippen LogP contribution in [0.25, 0.3) is 21.1 Å². The molecular formula is C21H19N5O4S. The topological polar surface area (TPSA) is 119 Å². The zero-order valence-electron chi connectivity index (χ0n) is 16.3. The largest absolute Gasteiger partial charge is 0.343 e. The Morgan fingerprint density at radius 3 is 2.90 bits per heavy atom. The molecule has 31 heavy (non-hydrogen) atoms.